The van der Waals surface area contributed by atoms with Crippen LogP contribution in [0.5, 0.6) is 0 Å². The van der Waals surface area contributed by atoms with Crippen LogP contribution in [0.3, 0.4) is 0 Å². The fourth-order valence-electron chi connectivity index (χ4n) is 2.89. The predicted octanol–water partition coefficient (Wildman–Crippen LogP) is 3.15. The summed E-state index contributed by atoms with van der Waals surface area (Å²) in [6.45, 7) is 7.23. The third-order valence-electron chi connectivity index (χ3n) is 4.06. The van der Waals surface area contributed by atoms with E-state index in [1.54, 1.807) is 18.2 Å². The van der Waals surface area contributed by atoms with Crippen molar-refractivity contribution in [2.24, 2.45) is 5.92 Å². The number of Topliss-reactive ketones (excluding diaryl/α,β-unsaturated/α-hetero) is 1. The molecule has 1 saturated heterocycles. The molecule has 1 unspecified atom stereocenters. The van der Waals surface area contributed by atoms with Gasteiger partial charge in [-0.3, -0.25) is 4.79 Å². The Morgan fingerprint density at radius 3 is 2.67 bits per heavy atom. The lowest BCUT2D eigenvalue weighted by Gasteiger charge is -2.33. The highest BCUT2D eigenvalue weighted by atomic mass is 19.1. The van der Waals surface area contributed by atoms with Crippen LogP contribution in [0.25, 0.3) is 0 Å². The molecule has 21 heavy (non-hydrogen) atoms. The molecule has 1 aliphatic rings. The molecule has 0 saturated carbocycles. The van der Waals surface area contributed by atoms with Crippen molar-refractivity contribution in [1.82, 2.24) is 4.90 Å². The molecule has 1 aliphatic heterocycles. The minimum atomic E-state index is -0.426. The standard InChI is InChI=1S/C17H24FNO2/c1-3-21-14-8-10-19(11-9-14)12-13(2)17(20)15-6-4-5-7-16(15)18/h4-7,13-14H,3,8-12H2,1-2H3. The van der Waals surface area contributed by atoms with Gasteiger partial charge in [0, 0.05) is 32.2 Å². The number of halogens is 1. The Labute approximate surface area is 126 Å². The predicted molar refractivity (Wildman–Crippen MR) is 81.0 cm³/mol. The van der Waals surface area contributed by atoms with Crippen molar-refractivity contribution < 1.29 is 13.9 Å². The van der Waals surface area contributed by atoms with Crippen molar-refractivity contribution in [2.45, 2.75) is 32.8 Å². The lowest BCUT2D eigenvalue weighted by Crippen LogP contribution is -2.40. The number of rotatable bonds is 6. The number of carbonyl (C=O) groups is 1. The molecule has 0 aromatic heterocycles. The number of hydrogen-bond donors (Lipinski definition) is 0. The molecular weight excluding hydrogens is 269 g/mol. The van der Waals surface area contributed by atoms with Crippen LogP contribution in [0.15, 0.2) is 24.3 Å². The maximum Gasteiger partial charge on any atom is 0.169 e. The number of likely N-dealkylation sites (tertiary alicyclic amines) is 1. The van der Waals surface area contributed by atoms with Crippen LogP contribution in [-0.4, -0.2) is 43.0 Å². The number of carbonyl (C=O) groups excluding carboxylic acids is 1. The molecule has 116 valence electrons. The Bertz CT molecular complexity index is 470. The molecule has 0 radical (unpaired) electrons. The molecule has 0 bridgehead atoms. The highest BCUT2D eigenvalue weighted by Crippen LogP contribution is 2.18. The highest BCUT2D eigenvalue weighted by Gasteiger charge is 2.24. The molecule has 4 heteroatoms. The number of ether oxygens (including phenoxy) is 1. The fraction of sp³-hybridized carbons (Fsp3) is 0.588. The van der Waals surface area contributed by atoms with Gasteiger partial charge in [0.25, 0.3) is 0 Å². The first-order valence-corrected chi connectivity index (χ1v) is 7.74. The van der Waals surface area contributed by atoms with Crippen molar-refractivity contribution in [2.75, 3.05) is 26.2 Å². The number of nitrogens with zero attached hydrogens (tertiary/aromatic N) is 1. The van der Waals surface area contributed by atoms with E-state index in [1.807, 2.05) is 13.8 Å². The molecule has 3 nitrogen and oxygen atoms in total. The smallest absolute Gasteiger partial charge is 0.169 e. The van der Waals surface area contributed by atoms with E-state index in [0.717, 1.165) is 32.5 Å². The van der Waals surface area contributed by atoms with Gasteiger partial charge in [0.2, 0.25) is 0 Å². The third-order valence-corrected chi connectivity index (χ3v) is 4.06. The van der Waals surface area contributed by atoms with E-state index < -0.39 is 5.82 Å². The van der Waals surface area contributed by atoms with E-state index in [1.165, 1.54) is 6.07 Å². The van der Waals surface area contributed by atoms with Crippen LogP contribution in [0.2, 0.25) is 0 Å². The minimum absolute atomic E-state index is 0.111. The second-order valence-corrected chi connectivity index (χ2v) is 5.70. The van der Waals surface area contributed by atoms with Crippen LogP contribution in [-0.2, 0) is 4.74 Å². The molecule has 1 fully saturated rings. The SMILES string of the molecule is CCOC1CCN(CC(C)C(=O)c2ccccc2F)CC1. The largest absolute Gasteiger partial charge is 0.378 e. The topological polar surface area (TPSA) is 29.5 Å². The number of piperidine rings is 1. The highest BCUT2D eigenvalue weighted by molar-refractivity contribution is 5.98. The summed E-state index contributed by atoms with van der Waals surface area (Å²) in [7, 11) is 0. The lowest BCUT2D eigenvalue weighted by molar-refractivity contribution is 0.0118. The Morgan fingerprint density at radius 2 is 2.05 bits per heavy atom. The molecule has 1 heterocycles. The fourth-order valence-corrected chi connectivity index (χ4v) is 2.89. The van der Waals surface area contributed by atoms with Gasteiger partial charge in [0.15, 0.2) is 5.78 Å². The van der Waals surface area contributed by atoms with Crippen LogP contribution < -0.4 is 0 Å². The summed E-state index contributed by atoms with van der Waals surface area (Å²) in [6.07, 6.45) is 2.37. The number of hydrogen-bond acceptors (Lipinski definition) is 3. The Kier molecular flexibility index (Phi) is 5.88. The van der Waals surface area contributed by atoms with Crippen molar-refractivity contribution in [1.29, 1.82) is 0 Å². The molecular formula is C17H24FNO2. The summed E-state index contributed by atoms with van der Waals surface area (Å²) in [5, 5.41) is 0. The van der Waals surface area contributed by atoms with Crippen molar-refractivity contribution in [3.05, 3.63) is 35.6 Å². The monoisotopic (exact) mass is 293 g/mol. The molecule has 0 aliphatic carbocycles. The van der Waals surface area contributed by atoms with Gasteiger partial charge in [0.05, 0.1) is 11.7 Å². The number of benzene rings is 1. The average molecular weight is 293 g/mol. The van der Waals surface area contributed by atoms with Gasteiger partial charge in [-0.05, 0) is 31.9 Å². The van der Waals surface area contributed by atoms with Crippen LogP contribution >= 0.6 is 0 Å². The van der Waals surface area contributed by atoms with E-state index in [4.69, 9.17) is 4.74 Å². The van der Waals surface area contributed by atoms with Crippen LogP contribution in [0, 0.1) is 11.7 Å². The van der Waals surface area contributed by atoms with Crippen molar-refractivity contribution >= 4 is 5.78 Å². The van der Waals surface area contributed by atoms with Crippen molar-refractivity contribution in [3.8, 4) is 0 Å². The van der Waals surface area contributed by atoms with Gasteiger partial charge in [-0.2, -0.15) is 0 Å². The summed E-state index contributed by atoms with van der Waals surface area (Å²) in [5.41, 5.74) is 0.203. The maximum atomic E-state index is 13.7. The maximum absolute atomic E-state index is 13.7. The third kappa shape index (κ3) is 4.35. The molecule has 1 aromatic carbocycles. The summed E-state index contributed by atoms with van der Waals surface area (Å²) >= 11 is 0. The summed E-state index contributed by atoms with van der Waals surface area (Å²) in [5.74, 6) is -0.727. The first-order valence-electron chi connectivity index (χ1n) is 7.74. The molecule has 0 amide bonds. The first-order chi connectivity index (χ1) is 10.1. The lowest BCUT2D eigenvalue weighted by atomic mass is 9.97. The van der Waals surface area contributed by atoms with Crippen LogP contribution in [0.4, 0.5) is 4.39 Å². The van der Waals surface area contributed by atoms with E-state index in [2.05, 4.69) is 4.90 Å². The van der Waals surface area contributed by atoms with Gasteiger partial charge < -0.3 is 9.64 Å². The molecule has 2 rings (SSSR count). The summed E-state index contributed by atoms with van der Waals surface area (Å²) in [4.78, 5) is 14.6. The molecule has 1 aromatic rings. The molecule has 0 N–H and O–H groups in total. The summed E-state index contributed by atoms with van der Waals surface area (Å²) < 4.78 is 19.3. The van der Waals surface area contributed by atoms with Crippen LogP contribution in [0.1, 0.15) is 37.0 Å². The zero-order valence-corrected chi connectivity index (χ0v) is 12.8. The molecule has 0 spiro atoms. The normalized spacial score (nSPS) is 18.6. The average Bonchev–Trinajstić information content (AvgIpc) is 2.49. The van der Waals surface area contributed by atoms with Gasteiger partial charge in [0.1, 0.15) is 5.82 Å². The molecule has 1 atom stereocenters. The van der Waals surface area contributed by atoms with Gasteiger partial charge in [-0.25, -0.2) is 4.39 Å². The van der Waals surface area contributed by atoms with E-state index in [-0.39, 0.29) is 17.3 Å². The van der Waals surface area contributed by atoms with Gasteiger partial charge in [-0.1, -0.05) is 19.1 Å². The summed E-state index contributed by atoms with van der Waals surface area (Å²) in [6, 6.07) is 6.22. The Balaban J connectivity index is 1.86. The second kappa shape index (κ2) is 7.66. The quantitative estimate of drug-likeness (QED) is 0.755. The van der Waals surface area contributed by atoms with E-state index in [0.29, 0.717) is 12.6 Å². The Hall–Kier alpha value is -1.26. The van der Waals surface area contributed by atoms with E-state index >= 15 is 0 Å². The number of ketones is 1. The Morgan fingerprint density at radius 1 is 1.38 bits per heavy atom. The first kappa shape index (κ1) is 16.1. The second-order valence-electron chi connectivity index (χ2n) is 5.70. The zero-order valence-electron chi connectivity index (χ0n) is 12.8. The minimum Gasteiger partial charge on any atom is -0.378 e. The van der Waals surface area contributed by atoms with E-state index in [9.17, 15) is 9.18 Å². The zero-order chi connectivity index (χ0) is 15.2. The van der Waals surface area contributed by atoms with Gasteiger partial charge in [-0.15, -0.1) is 0 Å². The van der Waals surface area contributed by atoms with Crippen molar-refractivity contribution in [3.63, 3.8) is 0 Å². The van der Waals surface area contributed by atoms with Gasteiger partial charge >= 0.3 is 0 Å².